The van der Waals surface area contributed by atoms with Gasteiger partial charge in [-0.05, 0) is 19.8 Å². The zero-order chi connectivity index (χ0) is 14.2. The van der Waals surface area contributed by atoms with Crippen LogP contribution in [0.3, 0.4) is 0 Å². The fraction of sp³-hybridized carbons (Fsp3) is 1.00. The molecule has 0 aliphatic heterocycles. The van der Waals surface area contributed by atoms with Crippen molar-refractivity contribution >= 4 is 16.5 Å². The average Bonchev–Trinajstić information content (AvgIpc) is 2.37. The van der Waals surface area contributed by atoms with Gasteiger partial charge in [0.1, 0.15) is 0 Å². The minimum atomic E-state index is -2.73. The normalized spacial score (nSPS) is 15.4. The molecule has 2 atom stereocenters. The predicted octanol–water partition coefficient (Wildman–Crippen LogP) is 1.72. The van der Waals surface area contributed by atoms with E-state index in [-0.39, 0.29) is 17.9 Å². The minimum absolute atomic E-state index is 0.0444. The summed E-state index contributed by atoms with van der Waals surface area (Å²) in [6.07, 6.45) is 1.54. The van der Waals surface area contributed by atoms with Crippen LogP contribution in [-0.4, -0.2) is 48.0 Å². The van der Waals surface area contributed by atoms with Crippen molar-refractivity contribution < 1.29 is 22.4 Å². The summed E-state index contributed by atoms with van der Waals surface area (Å²) in [4.78, 5) is 0. The molecule has 0 radical (unpaired) electrons. The van der Waals surface area contributed by atoms with E-state index in [2.05, 4.69) is 5.32 Å². The molecule has 0 heterocycles. The second-order valence-corrected chi connectivity index (χ2v) is 8.33. The largest absolute Gasteiger partial charge is 0.518 e. The van der Waals surface area contributed by atoms with Gasteiger partial charge in [0.25, 0.3) is 0 Å². The first-order chi connectivity index (χ1) is 8.45. The van der Waals surface area contributed by atoms with Gasteiger partial charge in [-0.25, -0.2) is 9.13 Å². The van der Waals surface area contributed by atoms with E-state index in [1.54, 1.807) is 21.3 Å². The van der Waals surface area contributed by atoms with Gasteiger partial charge in [0.15, 0.2) is 0 Å². The van der Waals surface area contributed by atoms with Gasteiger partial charge in [-0.15, -0.1) is 0 Å². The summed E-state index contributed by atoms with van der Waals surface area (Å²) < 4.78 is 37.4. The van der Waals surface area contributed by atoms with E-state index < -0.39 is 16.5 Å². The number of hydrogen-bond donors (Lipinski definition) is 1. The molecule has 0 spiro atoms. The third kappa shape index (κ3) is 5.30. The Morgan fingerprint density at radius 3 is 2.00 bits per heavy atom. The molecule has 2 unspecified atom stereocenters. The molecule has 0 amide bonds. The van der Waals surface area contributed by atoms with Crippen LogP contribution in [0.15, 0.2) is 0 Å². The molecule has 0 aromatic heterocycles. The molecule has 0 aliphatic rings. The minimum Gasteiger partial charge on any atom is -0.376 e. The van der Waals surface area contributed by atoms with Crippen molar-refractivity contribution in [2.24, 2.45) is 0 Å². The van der Waals surface area contributed by atoms with E-state index >= 15 is 0 Å². The highest BCUT2D eigenvalue weighted by Crippen LogP contribution is 2.16. The van der Waals surface area contributed by atoms with E-state index in [1.807, 2.05) is 13.8 Å². The number of rotatable bonds is 10. The smallest absolute Gasteiger partial charge is 0.376 e. The van der Waals surface area contributed by atoms with Crippen LogP contribution >= 0.6 is 7.68 Å². The van der Waals surface area contributed by atoms with Crippen molar-refractivity contribution in [3.8, 4) is 0 Å². The third-order valence-electron chi connectivity index (χ3n) is 2.92. The van der Waals surface area contributed by atoms with Crippen LogP contribution in [-0.2, 0) is 22.4 Å². The number of nitrogens with one attached hydrogen (secondary N) is 1. The zero-order valence-corrected chi connectivity index (χ0v) is 13.7. The first kappa shape index (κ1) is 18.0. The fourth-order valence-corrected chi connectivity index (χ4v) is 4.81. The topological polar surface area (TPSA) is 73.9 Å². The summed E-state index contributed by atoms with van der Waals surface area (Å²) in [6, 6.07) is 0.0650. The maximum atomic E-state index is 10.6. The van der Waals surface area contributed by atoms with Gasteiger partial charge in [0.2, 0.25) is 0 Å². The summed E-state index contributed by atoms with van der Waals surface area (Å²) in [5.74, 6) is 0. The quantitative estimate of drug-likeness (QED) is 0.489. The van der Waals surface area contributed by atoms with E-state index in [0.717, 1.165) is 6.42 Å². The lowest BCUT2D eigenvalue weighted by molar-refractivity contribution is 0.104. The molecule has 0 aromatic carbocycles. The van der Waals surface area contributed by atoms with Gasteiger partial charge < -0.3 is 18.6 Å². The van der Waals surface area contributed by atoms with Crippen molar-refractivity contribution in [3.63, 3.8) is 0 Å². The van der Waals surface area contributed by atoms with E-state index in [9.17, 15) is 9.13 Å². The zero-order valence-electron chi connectivity index (χ0n) is 11.8. The van der Waals surface area contributed by atoms with Crippen molar-refractivity contribution in [3.05, 3.63) is 0 Å². The van der Waals surface area contributed by atoms with Crippen LogP contribution in [0.25, 0.3) is 0 Å². The Morgan fingerprint density at radius 1 is 1.17 bits per heavy atom. The molecule has 6 nitrogen and oxygen atoms in total. The van der Waals surface area contributed by atoms with Crippen LogP contribution in [0.4, 0.5) is 0 Å². The SMILES string of the molecule is CCC(NC(C)CCP(=O)=O)[Si](OC)(OC)OC. The molecular weight excluding hydrogens is 273 g/mol. The van der Waals surface area contributed by atoms with Crippen molar-refractivity contribution in [1.82, 2.24) is 5.32 Å². The number of hydrogen-bond acceptors (Lipinski definition) is 6. The van der Waals surface area contributed by atoms with Crippen molar-refractivity contribution in [2.45, 2.75) is 38.4 Å². The second-order valence-electron chi connectivity index (χ2n) is 4.09. The molecule has 18 heavy (non-hydrogen) atoms. The Bertz CT molecular complexity index is 280. The molecule has 0 rings (SSSR count). The molecule has 1 N–H and O–H groups in total. The lowest BCUT2D eigenvalue weighted by Gasteiger charge is -2.34. The lowest BCUT2D eigenvalue weighted by Crippen LogP contribution is -2.61. The van der Waals surface area contributed by atoms with E-state index in [4.69, 9.17) is 13.3 Å². The molecular formula is C10H24NO5PSi. The van der Waals surface area contributed by atoms with Crippen molar-refractivity contribution in [1.29, 1.82) is 0 Å². The maximum absolute atomic E-state index is 10.6. The van der Waals surface area contributed by atoms with Gasteiger partial charge in [0, 0.05) is 27.4 Å². The van der Waals surface area contributed by atoms with E-state index in [0.29, 0.717) is 6.42 Å². The Labute approximate surface area is 111 Å². The highest BCUT2D eigenvalue weighted by atomic mass is 31.1. The van der Waals surface area contributed by atoms with E-state index in [1.165, 1.54) is 0 Å². The van der Waals surface area contributed by atoms with Gasteiger partial charge in [-0.2, -0.15) is 0 Å². The van der Waals surface area contributed by atoms with Gasteiger partial charge >= 0.3 is 16.5 Å². The maximum Gasteiger partial charge on any atom is 0.518 e. The average molecular weight is 297 g/mol. The first-order valence-corrected chi connectivity index (χ1v) is 9.15. The Balaban J connectivity index is 4.56. The fourth-order valence-electron chi connectivity index (χ4n) is 1.87. The van der Waals surface area contributed by atoms with Crippen molar-refractivity contribution in [2.75, 3.05) is 27.5 Å². The summed E-state index contributed by atoms with van der Waals surface area (Å²) in [5.41, 5.74) is -0.0444. The first-order valence-electron chi connectivity index (χ1n) is 5.99. The summed E-state index contributed by atoms with van der Waals surface area (Å²) in [6.45, 7) is 3.96. The molecule has 0 fully saturated rings. The highest BCUT2D eigenvalue weighted by Gasteiger charge is 2.46. The Morgan fingerprint density at radius 2 is 1.67 bits per heavy atom. The summed E-state index contributed by atoms with van der Waals surface area (Å²) in [5, 5.41) is 3.34. The molecule has 0 saturated heterocycles. The molecule has 108 valence electrons. The van der Waals surface area contributed by atoms with Crippen LogP contribution in [0.5, 0.6) is 0 Å². The Kier molecular flexibility index (Phi) is 8.93. The lowest BCUT2D eigenvalue weighted by atomic mass is 10.2. The Hall–Kier alpha value is -0.0431. The highest BCUT2D eigenvalue weighted by molar-refractivity contribution is 7.30. The molecule has 0 aliphatic carbocycles. The van der Waals surface area contributed by atoms with Gasteiger partial charge in [-0.1, -0.05) is 6.92 Å². The van der Waals surface area contributed by atoms with Crippen LogP contribution in [0.2, 0.25) is 0 Å². The molecule has 0 saturated carbocycles. The standard InChI is InChI=1S/C10H24NO5PSi/c1-6-10(18(14-3,15-4)16-5)11-9(2)7-8-17(12)13/h9-11H,6-8H2,1-5H3. The predicted molar refractivity (Wildman–Crippen MR) is 71.2 cm³/mol. The third-order valence-corrected chi connectivity index (χ3v) is 6.68. The molecule has 0 aromatic rings. The van der Waals surface area contributed by atoms with Gasteiger partial charge in [0.05, 0.1) is 11.8 Å². The molecule has 8 heteroatoms. The summed E-state index contributed by atoms with van der Waals surface area (Å²) in [7, 11) is -0.335. The van der Waals surface area contributed by atoms with Crippen LogP contribution < -0.4 is 5.32 Å². The van der Waals surface area contributed by atoms with Crippen LogP contribution in [0, 0.1) is 0 Å². The summed E-state index contributed by atoms with van der Waals surface area (Å²) >= 11 is 0. The molecule has 0 bridgehead atoms. The van der Waals surface area contributed by atoms with Gasteiger partial charge in [-0.3, -0.25) is 0 Å². The van der Waals surface area contributed by atoms with Crippen LogP contribution in [0.1, 0.15) is 26.7 Å². The second kappa shape index (κ2) is 8.96. The monoisotopic (exact) mass is 297 g/mol.